The smallest absolute Gasteiger partial charge is 0.243 e. The largest absolute Gasteiger partial charge is 0.379 e. The molecule has 168 valence electrons. The Balaban J connectivity index is 1.58. The lowest BCUT2D eigenvalue weighted by molar-refractivity contribution is -0.131. The predicted octanol–water partition coefficient (Wildman–Crippen LogP) is 4.00. The van der Waals surface area contributed by atoms with Crippen LogP contribution in [0.1, 0.15) is 24.5 Å². The number of nitrogens with zero attached hydrogens (tertiary/aromatic N) is 2. The van der Waals surface area contributed by atoms with Crippen molar-refractivity contribution in [2.75, 3.05) is 32.8 Å². The second-order valence-electron chi connectivity index (χ2n) is 7.32. The molecule has 0 aliphatic carbocycles. The van der Waals surface area contributed by atoms with Crippen molar-refractivity contribution < 1.29 is 17.9 Å². The summed E-state index contributed by atoms with van der Waals surface area (Å²) in [6, 6.07) is 12.1. The summed E-state index contributed by atoms with van der Waals surface area (Å²) >= 11 is 12.0. The van der Waals surface area contributed by atoms with Crippen LogP contribution in [0.15, 0.2) is 47.4 Å². The number of sulfonamides is 1. The van der Waals surface area contributed by atoms with E-state index in [4.69, 9.17) is 27.9 Å². The first-order valence-corrected chi connectivity index (χ1v) is 12.4. The zero-order valence-electron chi connectivity index (χ0n) is 17.4. The Morgan fingerprint density at radius 2 is 1.68 bits per heavy atom. The molecule has 0 unspecified atom stereocenters. The fourth-order valence-electron chi connectivity index (χ4n) is 3.41. The van der Waals surface area contributed by atoms with Gasteiger partial charge in [0.1, 0.15) is 0 Å². The summed E-state index contributed by atoms with van der Waals surface area (Å²) in [6.07, 6.45) is 0.874. The molecule has 0 spiro atoms. The summed E-state index contributed by atoms with van der Waals surface area (Å²) in [7, 11) is -3.51. The molecule has 6 nitrogen and oxygen atoms in total. The van der Waals surface area contributed by atoms with Crippen LogP contribution in [0, 0.1) is 0 Å². The molecule has 0 N–H and O–H groups in total. The highest BCUT2D eigenvalue weighted by molar-refractivity contribution is 7.89. The SMILES string of the molecule is CCN(Cc1ccc(Cl)c(Cl)c1)C(=O)CCc1ccc(S(=O)(=O)N2CCOCC2)cc1. The van der Waals surface area contributed by atoms with Crippen LogP contribution in [-0.2, 0) is 32.5 Å². The van der Waals surface area contributed by atoms with Crippen molar-refractivity contribution in [2.45, 2.75) is 31.2 Å². The molecule has 1 saturated heterocycles. The van der Waals surface area contributed by atoms with Crippen LogP contribution >= 0.6 is 23.2 Å². The van der Waals surface area contributed by atoms with Crippen molar-refractivity contribution in [3.63, 3.8) is 0 Å². The number of amides is 1. The first-order chi connectivity index (χ1) is 14.8. The van der Waals surface area contributed by atoms with Gasteiger partial charge < -0.3 is 9.64 Å². The quantitative estimate of drug-likeness (QED) is 0.567. The maximum atomic E-state index is 12.7. The number of rotatable bonds is 8. The molecule has 0 radical (unpaired) electrons. The third kappa shape index (κ3) is 6.20. The van der Waals surface area contributed by atoms with Gasteiger partial charge in [0, 0.05) is 32.6 Å². The molecular formula is C22H26Cl2N2O4S. The highest BCUT2D eigenvalue weighted by atomic mass is 35.5. The molecule has 0 bridgehead atoms. The molecule has 0 saturated carbocycles. The van der Waals surface area contributed by atoms with Crippen LogP contribution in [0.4, 0.5) is 0 Å². The number of morpholine rings is 1. The number of ether oxygens (including phenoxy) is 1. The van der Waals surface area contributed by atoms with Crippen LogP contribution in [0.3, 0.4) is 0 Å². The molecular weight excluding hydrogens is 459 g/mol. The maximum absolute atomic E-state index is 12.7. The lowest BCUT2D eigenvalue weighted by Gasteiger charge is -2.26. The molecule has 0 aromatic heterocycles. The third-order valence-corrected chi connectivity index (χ3v) is 7.90. The topological polar surface area (TPSA) is 66.9 Å². The van der Waals surface area contributed by atoms with E-state index in [1.54, 1.807) is 41.3 Å². The Kier molecular flexibility index (Phi) is 8.36. The average molecular weight is 485 g/mol. The molecule has 1 heterocycles. The molecule has 0 atom stereocenters. The van der Waals surface area contributed by atoms with Crippen molar-refractivity contribution in [1.82, 2.24) is 9.21 Å². The molecule has 1 fully saturated rings. The van der Waals surface area contributed by atoms with E-state index < -0.39 is 10.0 Å². The van der Waals surface area contributed by atoms with Gasteiger partial charge in [-0.3, -0.25) is 4.79 Å². The third-order valence-electron chi connectivity index (χ3n) is 5.25. The van der Waals surface area contributed by atoms with Gasteiger partial charge in [0.2, 0.25) is 15.9 Å². The van der Waals surface area contributed by atoms with Gasteiger partial charge in [0.25, 0.3) is 0 Å². The summed E-state index contributed by atoms with van der Waals surface area (Å²) < 4.78 is 32.1. The first kappa shape index (κ1) is 24.0. The number of hydrogen-bond acceptors (Lipinski definition) is 4. The highest BCUT2D eigenvalue weighted by Gasteiger charge is 2.26. The number of benzene rings is 2. The van der Waals surface area contributed by atoms with E-state index in [0.29, 0.717) is 62.3 Å². The summed E-state index contributed by atoms with van der Waals surface area (Å²) in [6.45, 7) is 4.53. The molecule has 2 aromatic rings. The van der Waals surface area contributed by atoms with Crippen LogP contribution in [0.25, 0.3) is 0 Å². The van der Waals surface area contributed by atoms with Crippen LogP contribution < -0.4 is 0 Å². The Morgan fingerprint density at radius 3 is 2.29 bits per heavy atom. The fraction of sp³-hybridized carbons (Fsp3) is 0.409. The molecule has 1 aliphatic rings. The van der Waals surface area contributed by atoms with E-state index in [1.165, 1.54) is 4.31 Å². The minimum Gasteiger partial charge on any atom is -0.379 e. The highest BCUT2D eigenvalue weighted by Crippen LogP contribution is 2.23. The summed E-state index contributed by atoms with van der Waals surface area (Å²) in [4.78, 5) is 14.7. The van der Waals surface area contributed by atoms with Gasteiger partial charge in [-0.1, -0.05) is 41.4 Å². The zero-order valence-corrected chi connectivity index (χ0v) is 19.7. The minimum absolute atomic E-state index is 0.0265. The Labute approximate surface area is 193 Å². The second kappa shape index (κ2) is 10.8. The Bertz CT molecular complexity index is 1010. The molecule has 2 aromatic carbocycles. The standard InChI is InChI=1S/C22H26Cl2N2O4S/c1-2-25(16-18-5-9-20(23)21(24)15-18)22(27)10-6-17-3-7-19(8-4-17)31(28,29)26-11-13-30-14-12-26/h3-5,7-9,15H,2,6,10-14,16H2,1H3. The molecule has 1 amide bonds. The van der Waals surface area contributed by atoms with Gasteiger partial charge in [0.15, 0.2) is 0 Å². The number of halogens is 2. The Hall–Kier alpha value is -1.64. The molecule has 3 rings (SSSR count). The van der Waals surface area contributed by atoms with E-state index in [1.807, 2.05) is 13.0 Å². The summed E-state index contributed by atoms with van der Waals surface area (Å²) in [5.41, 5.74) is 1.84. The number of carbonyl (C=O) groups excluding carboxylic acids is 1. The van der Waals surface area contributed by atoms with Crippen molar-refractivity contribution >= 4 is 39.1 Å². The number of carbonyl (C=O) groups is 1. The van der Waals surface area contributed by atoms with E-state index in [0.717, 1.165) is 11.1 Å². The van der Waals surface area contributed by atoms with E-state index >= 15 is 0 Å². The maximum Gasteiger partial charge on any atom is 0.243 e. The lowest BCUT2D eigenvalue weighted by atomic mass is 10.1. The van der Waals surface area contributed by atoms with Gasteiger partial charge >= 0.3 is 0 Å². The average Bonchev–Trinajstić information content (AvgIpc) is 2.79. The van der Waals surface area contributed by atoms with Gasteiger partial charge in [0.05, 0.1) is 28.2 Å². The number of aryl methyl sites for hydroxylation is 1. The van der Waals surface area contributed by atoms with Crippen molar-refractivity contribution in [3.8, 4) is 0 Å². The van der Waals surface area contributed by atoms with Crippen molar-refractivity contribution in [1.29, 1.82) is 0 Å². The van der Waals surface area contributed by atoms with E-state index in [9.17, 15) is 13.2 Å². The Morgan fingerprint density at radius 1 is 1.03 bits per heavy atom. The van der Waals surface area contributed by atoms with Crippen LogP contribution in [0.5, 0.6) is 0 Å². The lowest BCUT2D eigenvalue weighted by Crippen LogP contribution is -2.40. The summed E-state index contributed by atoms with van der Waals surface area (Å²) in [5.74, 6) is 0.0265. The van der Waals surface area contributed by atoms with E-state index in [-0.39, 0.29) is 10.8 Å². The van der Waals surface area contributed by atoms with Crippen LogP contribution in [-0.4, -0.2) is 56.4 Å². The predicted molar refractivity (Wildman–Crippen MR) is 122 cm³/mol. The van der Waals surface area contributed by atoms with Gasteiger partial charge in [-0.15, -0.1) is 0 Å². The van der Waals surface area contributed by atoms with Gasteiger partial charge in [-0.05, 0) is 48.7 Å². The van der Waals surface area contributed by atoms with Crippen molar-refractivity contribution in [3.05, 3.63) is 63.6 Å². The number of hydrogen-bond donors (Lipinski definition) is 0. The van der Waals surface area contributed by atoms with Gasteiger partial charge in [-0.25, -0.2) is 8.42 Å². The minimum atomic E-state index is -3.51. The first-order valence-electron chi connectivity index (χ1n) is 10.2. The van der Waals surface area contributed by atoms with Crippen LogP contribution in [0.2, 0.25) is 10.0 Å². The zero-order chi connectivity index (χ0) is 22.4. The summed E-state index contributed by atoms with van der Waals surface area (Å²) in [5, 5.41) is 0.952. The normalized spacial score (nSPS) is 15.1. The molecule has 1 aliphatic heterocycles. The molecule has 9 heteroatoms. The van der Waals surface area contributed by atoms with Gasteiger partial charge in [-0.2, -0.15) is 4.31 Å². The molecule has 31 heavy (non-hydrogen) atoms. The van der Waals surface area contributed by atoms with E-state index in [2.05, 4.69) is 0 Å². The van der Waals surface area contributed by atoms with Crippen molar-refractivity contribution in [2.24, 2.45) is 0 Å². The fourth-order valence-corrected chi connectivity index (χ4v) is 5.14. The monoisotopic (exact) mass is 484 g/mol. The second-order valence-corrected chi connectivity index (χ2v) is 10.1.